The van der Waals surface area contributed by atoms with Crippen LogP contribution in [0.3, 0.4) is 0 Å². The number of allylic oxidation sites excluding steroid dienone is 2. The number of hydrogen-bond acceptors (Lipinski definition) is 3. The standard InChI is InChI=1S/C23H31BrO3/c1-14-8-9-19-22(2,3)10-7-11-23(19,4)20(21(14)25)15-12-17(26-5)18(27-6)13-16(15)24/h9,12-14,20H,7-8,10-11H2,1-6H3/t14?,20?,23-/m0/s1. The lowest BCUT2D eigenvalue weighted by Gasteiger charge is -2.49. The molecule has 3 rings (SSSR count). The Morgan fingerprint density at radius 3 is 2.33 bits per heavy atom. The molecule has 3 atom stereocenters. The van der Waals surface area contributed by atoms with Crippen LogP contribution in [0.2, 0.25) is 0 Å². The zero-order valence-corrected chi connectivity index (χ0v) is 18.9. The van der Waals surface area contributed by atoms with Gasteiger partial charge in [-0.05, 0) is 42.4 Å². The van der Waals surface area contributed by atoms with Crippen LogP contribution < -0.4 is 9.47 Å². The molecule has 2 unspecified atom stereocenters. The molecule has 1 aromatic rings. The normalized spacial score (nSPS) is 30.2. The maximum Gasteiger partial charge on any atom is 0.161 e. The fourth-order valence-electron chi connectivity index (χ4n) is 5.35. The van der Waals surface area contributed by atoms with Gasteiger partial charge < -0.3 is 9.47 Å². The number of benzene rings is 1. The van der Waals surface area contributed by atoms with Gasteiger partial charge in [-0.3, -0.25) is 4.79 Å². The van der Waals surface area contributed by atoms with E-state index in [9.17, 15) is 4.79 Å². The van der Waals surface area contributed by atoms with Crippen LogP contribution in [0.5, 0.6) is 11.5 Å². The minimum Gasteiger partial charge on any atom is -0.493 e. The van der Waals surface area contributed by atoms with E-state index in [2.05, 4.69) is 49.7 Å². The fraction of sp³-hybridized carbons (Fsp3) is 0.609. The van der Waals surface area contributed by atoms with E-state index in [1.165, 1.54) is 12.0 Å². The summed E-state index contributed by atoms with van der Waals surface area (Å²) in [6.45, 7) is 9.02. The van der Waals surface area contributed by atoms with Crippen molar-refractivity contribution in [2.24, 2.45) is 16.7 Å². The molecule has 0 amide bonds. The van der Waals surface area contributed by atoms with Crippen LogP contribution in [0, 0.1) is 16.7 Å². The number of ketones is 1. The molecule has 0 spiro atoms. The second-order valence-electron chi connectivity index (χ2n) is 8.97. The summed E-state index contributed by atoms with van der Waals surface area (Å²) in [5.41, 5.74) is 2.41. The highest BCUT2D eigenvalue weighted by Gasteiger charge is 2.51. The van der Waals surface area contributed by atoms with Crippen LogP contribution >= 0.6 is 15.9 Å². The van der Waals surface area contributed by atoms with E-state index < -0.39 is 0 Å². The molecule has 27 heavy (non-hydrogen) atoms. The number of hydrogen-bond donors (Lipinski definition) is 0. The number of methoxy groups -OCH3 is 2. The molecule has 0 radical (unpaired) electrons. The summed E-state index contributed by atoms with van der Waals surface area (Å²) in [4.78, 5) is 13.6. The summed E-state index contributed by atoms with van der Waals surface area (Å²) in [5, 5.41) is 0. The highest BCUT2D eigenvalue weighted by atomic mass is 79.9. The van der Waals surface area contributed by atoms with Crippen LogP contribution in [0.1, 0.15) is 64.9 Å². The van der Waals surface area contributed by atoms with E-state index in [1.807, 2.05) is 12.1 Å². The van der Waals surface area contributed by atoms with Crippen molar-refractivity contribution in [2.75, 3.05) is 14.2 Å². The zero-order chi connectivity index (χ0) is 20.0. The lowest BCUT2D eigenvalue weighted by Crippen LogP contribution is -2.41. The van der Waals surface area contributed by atoms with E-state index in [4.69, 9.17) is 9.47 Å². The van der Waals surface area contributed by atoms with Gasteiger partial charge in [0, 0.05) is 15.8 Å². The summed E-state index contributed by atoms with van der Waals surface area (Å²) < 4.78 is 11.9. The molecule has 0 aromatic heterocycles. The van der Waals surface area contributed by atoms with Gasteiger partial charge in [-0.15, -0.1) is 0 Å². The Hall–Kier alpha value is -1.29. The second kappa shape index (κ2) is 7.27. The van der Waals surface area contributed by atoms with Gasteiger partial charge in [-0.25, -0.2) is 0 Å². The first-order valence-electron chi connectivity index (χ1n) is 9.82. The smallest absolute Gasteiger partial charge is 0.161 e. The third-order valence-corrected chi connectivity index (χ3v) is 7.43. The lowest BCUT2D eigenvalue weighted by molar-refractivity contribution is -0.126. The summed E-state index contributed by atoms with van der Waals surface area (Å²) in [7, 11) is 3.28. The average molecular weight is 435 g/mol. The molecule has 0 bridgehead atoms. The van der Waals surface area contributed by atoms with Crippen molar-refractivity contribution < 1.29 is 14.3 Å². The molecule has 1 fully saturated rings. The number of carbonyl (C=O) groups is 1. The molecule has 0 N–H and O–H groups in total. The van der Waals surface area contributed by atoms with Crippen molar-refractivity contribution in [2.45, 2.75) is 59.3 Å². The molecule has 1 aromatic carbocycles. The quantitative estimate of drug-likeness (QED) is 0.523. The molecular formula is C23H31BrO3. The first-order chi connectivity index (χ1) is 12.7. The Bertz CT molecular complexity index is 780. The Balaban J connectivity index is 2.23. The molecule has 3 nitrogen and oxygen atoms in total. The molecule has 0 aliphatic heterocycles. The highest BCUT2D eigenvalue weighted by molar-refractivity contribution is 9.10. The maximum absolute atomic E-state index is 13.6. The van der Waals surface area contributed by atoms with Gasteiger partial charge in [0.1, 0.15) is 5.78 Å². The van der Waals surface area contributed by atoms with Crippen molar-refractivity contribution in [3.05, 3.63) is 33.8 Å². The Labute approximate surface area is 171 Å². The molecule has 2 aliphatic rings. The Morgan fingerprint density at radius 1 is 1.07 bits per heavy atom. The third kappa shape index (κ3) is 3.35. The summed E-state index contributed by atoms with van der Waals surface area (Å²) in [5.74, 6) is 1.50. The average Bonchev–Trinajstić information content (AvgIpc) is 2.70. The summed E-state index contributed by atoms with van der Waals surface area (Å²) in [6.07, 6.45) is 6.55. The van der Waals surface area contributed by atoms with Gasteiger partial charge in [0.15, 0.2) is 11.5 Å². The van der Waals surface area contributed by atoms with Crippen molar-refractivity contribution in [3.8, 4) is 11.5 Å². The second-order valence-corrected chi connectivity index (χ2v) is 9.83. The summed E-state index contributed by atoms with van der Waals surface area (Å²) >= 11 is 3.72. The highest BCUT2D eigenvalue weighted by Crippen LogP contribution is 2.60. The van der Waals surface area contributed by atoms with E-state index in [-0.39, 0.29) is 22.7 Å². The van der Waals surface area contributed by atoms with Gasteiger partial charge >= 0.3 is 0 Å². The zero-order valence-electron chi connectivity index (χ0n) is 17.3. The molecular weight excluding hydrogens is 404 g/mol. The number of fused-ring (bicyclic) bond motifs is 1. The Morgan fingerprint density at radius 2 is 1.70 bits per heavy atom. The monoisotopic (exact) mass is 434 g/mol. The third-order valence-electron chi connectivity index (χ3n) is 6.74. The number of carbonyl (C=O) groups excluding carboxylic acids is 1. The molecule has 0 heterocycles. The van der Waals surface area contributed by atoms with Gasteiger partial charge in [-0.1, -0.05) is 61.7 Å². The van der Waals surface area contributed by atoms with Crippen LogP contribution in [0.15, 0.2) is 28.3 Å². The largest absolute Gasteiger partial charge is 0.493 e. The van der Waals surface area contributed by atoms with E-state index >= 15 is 0 Å². The van der Waals surface area contributed by atoms with Crippen LogP contribution in [-0.2, 0) is 4.79 Å². The predicted molar refractivity (Wildman–Crippen MR) is 113 cm³/mol. The van der Waals surface area contributed by atoms with Gasteiger partial charge in [0.25, 0.3) is 0 Å². The molecule has 0 saturated heterocycles. The van der Waals surface area contributed by atoms with Crippen molar-refractivity contribution in [1.29, 1.82) is 0 Å². The molecule has 2 aliphatic carbocycles. The molecule has 4 heteroatoms. The van der Waals surface area contributed by atoms with Gasteiger partial charge in [-0.2, -0.15) is 0 Å². The fourth-order valence-corrected chi connectivity index (χ4v) is 5.90. The topological polar surface area (TPSA) is 35.5 Å². The van der Waals surface area contributed by atoms with Crippen LogP contribution in [0.25, 0.3) is 0 Å². The van der Waals surface area contributed by atoms with Crippen molar-refractivity contribution in [3.63, 3.8) is 0 Å². The maximum atomic E-state index is 13.6. The van der Waals surface area contributed by atoms with Crippen molar-refractivity contribution >= 4 is 21.7 Å². The number of rotatable bonds is 3. The summed E-state index contributed by atoms with van der Waals surface area (Å²) in [6, 6.07) is 3.92. The number of Topliss-reactive ketones (excluding diaryl/α,β-unsaturated/α-hetero) is 1. The van der Waals surface area contributed by atoms with E-state index in [0.29, 0.717) is 17.3 Å². The minimum atomic E-state index is -0.185. The Kier molecular flexibility index (Phi) is 5.51. The van der Waals surface area contributed by atoms with Crippen molar-refractivity contribution in [1.82, 2.24) is 0 Å². The lowest BCUT2D eigenvalue weighted by atomic mass is 9.54. The minimum absolute atomic E-state index is 0.0146. The van der Waals surface area contributed by atoms with Gasteiger partial charge in [0.2, 0.25) is 0 Å². The SMILES string of the molecule is COc1cc(Br)c(C2C(=O)C(C)CC=C3C(C)(C)CCC[C@@]32C)cc1OC. The molecule has 1 saturated carbocycles. The molecule has 148 valence electrons. The van der Waals surface area contributed by atoms with Crippen LogP contribution in [-0.4, -0.2) is 20.0 Å². The van der Waals surface area contributed by atoms with E-state index in [0.717, 1.165) is 29.3 Å². The number of halogens is 1. The first-order valence-corrected chi connectivity index (χ1v) is 10.6. The first kappa shape index (κ1) is 20.4. The number of ether oxygens (including phenoxy) is 2. The predicted octanol–water partition coefficient (Wildman–Crippen LogP) is 6.30. The van der Waals surface area contributed by atoms with E-state index in [1.54, 1.807) is 14.2 Å². The van der Waals surface area contributed by atoms with Gasteiger partial charge in [0.05, 0.1) is 20.1 Å². The van der Waals surface area contributed by atoms with Crippen LogP contribution in [0.4, 0.5) is 0 Å².